The van der Waals surface area contributed by atoms with Crippen molar-refractivity contribution in [3.8, 4) is 11.4 Å². The summed E-state index contributed by atoms with van der Waals surface area (Å²) < 4.78 is 21.1. The Balaban J connectivity index is 1.86. The number of H-pyrrole nitrogens is 2. The zero-order valence-corrected chi connectivity index (χ0v) is 24.2. The first-order valence-electron chi connectivity index (χ1n) is 13.6. The van der Waals surface area contributed by atoms with Gasteiger partial charge in [-0.2, -0.15) is 0 Å². The molecule has 40 heavy (non-hydrogen) atoms. The fraction of sp³-hybridized carbons (Fsp3) is 0.467. The highest BCUT2D eigenvalue weighted by molar-refractivity contribution is 6.19. The highest BCUT2D eigenvalue weighted by Gasteiger charge is 2.40. The van der Waals surface area contributed by atoms with Crippen molar-refractivity contribution in [2.24, 2.45) is 0 Å². The van der Waals surface area contributed by atoms with Gasteiger partial charge in [-0.25, -0.2) is 19.2 Å². The minimum Gasteiger partial charge on any atom is -0.419 e. The molecule has 4 rings (SSSR count). The molecular weight excluding hydrogens is 516 g/mol. The first kappa shape index (κ1) is 28.9. The molecule has 0 spiro atoms. The lowest BCUT2D eigenvalue weighted by Crippen LogP contribution is -2.41. The highest BCUT2D eigenvalue weighted by atomic mass is 16.7. The summed E-state index contributed by atoms with van der Waals surface area (Å²) in [5.74, 6) is -5.65. The fourth-order valence-corrected chi connectivity index (χ4v) is 5.30. The van der Waals surface area contributed by atoms with Gasteiger partial charge in [0.25, 0.3) is 11.6 Å². The van der Waals surface area contributed by atoms with Crippen LogP contribution in [0.3, 0.4) is 0 Å². The largest absolute Gasteiger partial charge is 0.419 e. The summed E-state index contributed by atoms with van der Waals surface area (Å²) in [6, 6.07) is 0. The van der Waals surface area contributed by atoms with Crippen molar-refractivity contribution in [3.05, 3.63) is 44.8 Å². The van der Waals surface area contributed by atoms with Crippen molar-refractivity contribution in [2.45, 2.75) is 92.6 Å². The van der Waals surface area contributed by atoms with Crippen LogP contribution in [0.15, 0.2) is 11.1 Å². The van der Waals surface area contributed by atoms with Gasteiger partial charge in [-0.3, -0.25) is 0 Å². The van der Waals surface area contributed by atoms with E-state index < -0.39 is 35.5 Å². The van der Waals surface area contributed by atoms with Gasteiger partial charge in [0, 0.05) is 39.1 Å². The van der Waals surface area contributed by atoms with Gasteiger partial charge in [0.15, 0.2) is 0 Å². The number of esters is 4. The molecule has 10 nitrogen and oxygen atoms in total. The predicted octanol–water partition coefficient (Wildman–Crippen LogP) is 4.70. The molecule has 2 saturated heterocycles. The molecule has 0 saturated carbocycles. The van der Waals surface area contributed by atoms with Gasteiger partial charge in [-0.15, -0.1) is 0 Å². The van der Waals surface area contributed by atoms with E-state index in [4.69, 9.17) is 18.9 Å². The van der Waals surface area contributed by atoms with Crippen LogP contribution in [-0.2, 0) is 63.8 Å². The molecule has 2 aliphatic rings. The molecule has 0 atom stereocenters. The second-order valence-electron chi connectivity index (χ2n) is 10.6. The van der Waals surface area contributed by atoms with Crippen LogP contribution >= 0.6 is 0 Å². The summed E-state index contributed by atoms with van der Waals surface area (Å²) in [6.45, 7) is 14.1. The Morgan fingerprint density at radius 1 is 0.525 bits per heavy atom. The van der Waals surface area contributed by atoms with Crippen molar-refractivity contribution in [1.29, 1.82) is 0 Å². The van der Waals surface area contributed by atoms with Crippen LogP contribution in [0, 0.1) is 0 Å². The summed E-state index contributed by atoms with van der Waals surface area (Å²) in [7, 11) is 0. The summed E-state index contributed by atoms with van der Waals surface area (Å²) in [6.07, 6.45) is 5.59. The van der Waals surface area contributed by atoms with Crippen molar-refractivity contribution in [1.82, 2.24) is 9.97 Å². The average Bonchev–Trinajstić information content (AvgIpc) is 3.38. The van der Waals surface area contributed by atoms with Gasteiger partial charge >= 0.3 is 23.9 Å². The molecule has 2 aromatic heterocycles. The fourth-order valence-electron chi connectivity index (χ4n) is 5.30. The monoisotopic (exact) mass is 552 g/mol. The van der Waals surface area contributed by atoms with Crippen LogP contribution in [0.1, 0.15) is 89.0 Å². The van der Waals surface area contributed by atoms with E-state index in [-0.39, 0.29) is 11.1 Å². The average molecular weight is 553 g/mol. The van der Waals surface area contributed by atoms with E-state index in [0.29, 0.717) is 37.1 Å². The van der Waals surface area contributed by atoms with Crippen molar-refractivity contribution in [3.63, 3.8) is 0 Å². The number of aromatic amines is 2. The van der Waals surface area contributed by atoms with Crippen molar-refractivity contribution < 1.29 is 38.1 Å². The smallest absolute Gasteiger partial charge is 0.348 e. The Morgan fingerprint density at radius 2 is 0.800 bits per heavy atom. The van der Waals surface area contributed by atoms with E-state index >= 15 is 0 Å². The number of ether oxygens (including phenoxy) is 4. The second kappa shape index (κ2) is 10.5. The number of hydrogen-bond donors (Lipinski definition) is 2. The molecule has 0 bridgehead atoms. The maximum Gasteiger partial charge on any atom is 0.348 e. The number of hydrogen-bond acceptors (Lipinski definition) is 8. The maximum atomic E-state index is 12.6. The van der Waals surface area contributed by atoms with Gasteiger partial charge in [0.05, 0.1) is 11.4 Å². The number of cyclic esters (lactones) is 4. The van der Waals surface area contributed by atoms with Crippen molar-refractivity contribution in [2.75, 3.05) is 0 Å². The first-order valence-corrected chi connectivity index (χ1v) is 13.6. The lowest BCUT2D eigenvalue weighted by Gasteiger charge is -2.29. The zero-order valence-electron chi connectivity index (χ0n) is 24.2. The van der Waals surface area contributed by atoms with Crippen LogP contribution in [-0.4, -0.2) is 45.4 Å². The molecule has 4 heterocycles. The highest BCUT2D eigenvalue weighted by Crippen LogP contribution is 2.37. The number of rotatable bonds is 7. The zero-order chi connectivity index (χ0) is 29.6. The topological polar surface area (TPSA) is 137 Å². The molecule has 0 aliphatic carbocycles. The third-order valence-corrected chi connectivity index (χ3v) is 6.98. The Kier molecular flexibility index (Phi) is 7.58. The standard InChI is InChI=1S/C30H36N2O8/c1-9-15-17(11-3)23(31-21(15)13-19-25(33)37-29(5,6)38-26(19)34)24-18(12-4)16(10-2)22(32-24)14-20-27(35)39-30(7,8)40-28(20)36/h13-14,31-32H,9-12H2,1-8H3. The van der Waals surface area contributed by atoms with Crippen LogP contribution in [0.25, 0.3) is 23.5 Å². The summed E-state index contributed by atoms with van der Waals surface area (Å²) >= 11 is 0. The van der Waals surface area contributed by atoms with Crippen LogP contribution < -0.4 is 0 Å². The number of carbonyl (C=O) groups is 4. The van der Waals surface area contributed by atoms with Crippen LogP contribution in [0.4, 0.5) is 0 Å². The minimum absolute atomic E-state index is 0.191. The first-order chi connectivity index (χ1) is 18.8. The normalized spacial score (nSPS) is 18.2. The predicted molar refractivity (Wildman–Crippen MR) is 147 cm³/mol. The summed E-state index contributed by atoms with van der Waals surface area (Å²) in [5.41, 5.74) is 6.37. The molecule has 0 radical (unpaired) electrons. The maximum absolute atomic E-state index is 12.6. The molecule has 0 amide bonds. The number of nitrogens with one attached hydrogen (secondary N) is 2. The molecular formula is C30H36N2O8. The van der Waals surface area contributed by atoms with E-state index in [1.165, 1.54) is 39.8 Å². The van der Waals surface area contributed by atoms with Crippen LogP contribution in [0.2, 0.25) is 0 Å². The lowest BCUT2D eigenvalue weighted by molar-refractivity contribution is -0.224. The van der Waals surface area contributed by atoms with Gasteiger partial charge in [-0.1, -0.05) is 27.7 Å². The molecule has 2 aromatic rings. The summed E-state index contributed by atoms with van der Waals surface area (Å²) in [4.78, 5) is 57.4. The third kappa shape index (κ3) is 5.22. The Labute approximate surface area is 233 Å². The lowest BCUT2D eigenvalue weighted by atomic mass is 9.97. The number of aromatic nitrogens is 2. The Hall–Kier alpha value is -4.08. The Bertz CT molecular complexity index is 1310. The van der Waals surface area contributed by atoms with E-state index in [2.05, 4.69) is 9.97 Å². The quantitative estimate of drug-likeness (QED) is 0.287. The molecule has 214 valence electrons. The second-order valence-corrected chi connectivity index (χ2v) is 10.6. The molecule has 2 fully saturated rings. The summed E-state index contributed by atoms with van der Waals surface area (Å²) in [5, 5.41) is 0. The Morgan fingerprint density at radius 3 is 1.05 bits per heavy atom. The van der Waals surface area contributed by atoms with Crippen molar-refractivity contribution >= 4 is 36.0 Å². The van der Waals surface area contributed by atoms with E-state index in [9.17, 15) is 19.2 Å². The van der Waals surface area contributed by atoms with E-state index in [0.717, 1.165) is 33.6 Å². The number of carbonyl (C=O) groups excluding carboxylic acids is 4. The SMILES string of the molecule is CCc1c(C=C2C(=O)OC(C)(C)OC2=O)[nH]c(-c2[nH]c(C=C3C(=O)OC(C)(C)OC3=O)c(CC)c2CC)c1CC. The molecule has 0 unspecified atom stereocenters. The minimum atomic E-state index is -1.33. The molecule has 2 aliphatic heterocycles. The van der Waals surface area contributed by atoms with Gasteiger partial charge in [0.2, 0.25) is 0 Å². The third-order valence-electron chi connectivity index (χ3n) is 6.98. The molecule has 0 aromatic carbocycles. The van der Waals surface area contributed by atoms with Gasteiger partial charge in [0.1, 0.15) is 11.1 Å². The van der Waals surface area contributed by atoms with Crippen LogP contribution in [0.5, 0.6) is 0 Å². The van der Waals surface area contributed by atoms with Gasteiger partial charge in [-0.05, 0) is 60.1 Å². The molecule has 10 heteroatoms. The van der Waals surface area contributed by atoms with E-state index in [1.54, 1.807) is 0 Å². The molecule has 2 N–H and O–H groups in total. The van der Waals surface area contributed by atoms with E-state index in [1.807, 2.05) is 27.7 Å². The van der Waals surface area contributed by atoms with Gasteiger partial charge < -0.3 is 28.9 Å².